The van der Waals surface area contributed by atoms with Crippen LogP contribution in [0.2, 0.25) is 0 Å². The van der Waals surface area contributed by atoms with Crippen LogP contribution in [0.1, 0.15) is 51.2 Å². The first-order chi connectivity index (χ1) is 9.81. The molecule has 0 aliphatic heterocycles. The third-order valence-corrected chi connectivity index (χ3v) is 3.16. The van der Waals surface area contributed by atoms with Crippen LogP contribution in [-0.2, 0) is 0 Å². The smallest absolute Gasteiger partial charge is 0.173 e. The molecule has 2 aromatic heterocycles. The number of anilines is 1. The largest absolute Gasteiger partial charge is 0.382 e. The number of rotatable bonds is 4. The van der Waals surface area contributed by atoms with E-state index in [0.29, 0.717) is 11.5 Å². The van der Waals surface area contributed by atoms with Crippen molar-refractivity contribution in [1.82, 2.24) is 19.6 Å². The molecule has 2 aromatic rings. The Morgan fingerprint density at radius 2 is 1.62 bits per heavy atom. The molecule has 7 nitrogen and oxygen atoms in total. The molecule has 0 atom stereocenters. The van der Waals surface area contributed by atoms with Crippen LogP contribution in [-0.4, -0.2) is 19.6 Å². The summed E-state index contributed by atoms with van der Waals surface area (Å²) in [6, 6.07) is 2.32. The van der Waals surface area contributed by atoms with Crippen molar-refractivity contribution >= 4 is 17.3 Å². The molecule has 0 aliphatic carbocycles. The zero-order chi connectivity index (χ0) is 15.7. The molecule has 0 unspecified atom stereocenters. The van der Waals surface area contributed by atoms with Crippen LogP contribution < -0.4 is 5.73 Å². The van der Waals surface area contributed by atoms with E-state index in [0.717, 1.165) is 17.2 Å². The van der Waals surface area contributed by atoms with Gasteiger partial charge in [-0.05, 0) is 41.5 Å². The minimum atomic E-state index is 0.191. The minimum Gasteiger partial charge on any atom is -0.382 e. The first kappa shape index (κ1) is 15.2. The van der Waals surface area contributed by atoms with Gasteiger partial charge in [-0.1, -0.05) is 0 Å². The lowest BCUT2D eigenvalue weighted by atomic mass is 10.4. The van der Waals surface area contributed by atoms with Crippen LogP contribution in [0, 0.1) is 13.8 Å². The summed E-state index contributed by atoms with van der Waals surface area (Å²) in [5, 5.41) is 17.4. The summed E-state index contributed by atoms with van der Waals surface area (Å²) < 4.78 is 3.60. The van der Waals surface area contributed by atoms with Crippen molar-refractivity contribution in [2.24, 2.45) is 10.2 Å². The van der Waals surface area contributed by atoms with Gasteiger partial charge in [0.1, 0.15) is 5.82 Å². The predicted octanol–water partition coefficient (Wildman–Crippen LogP) is 3.86. The Kier molecular flexibility index (Phi) is 4.11. The summed E-state index contributed by atoms with van der Waals surface area (Å²) in [7, 11) is 0. The molecule has 21 heavy (non-hydrogen) atoms. The SMILES string of the molecule is Cc1cc(N=Nc2c(C)nn(C(C)C)c2N)n(C(C)C)n1. The fourth-order valence-corrected chi connectivity index (χ4v) is 2.13. The monoisotopic (exact) mass is 289 g/mol. The van der Waals surface area contributed by atoms with Gasteiger partial charge < -0.3 is 5.73 Å². The molecule has 0 fully saturated rings. The van der Waals surface area contributed by atoms with Crippen LogP contribution in [0.4, 0.5) is 17.3 Å². The van der Waals surface area contributed by atoms with E-state index < -0.39 is 0 Å². The predicted molar refractivity (Wildman–Crippen MR) is 83.3 cm³/mol. The van der Waals surface area contributed by atoms with E-state index in [2.05, 4.69) is 34.3 Å². The Labute approximate surface area is 124 Å². The van der Waals surface area contributed by atoms with Crippen LogP contribution in [0.25, 0.3) is 0 Å². The van der Waals surface area contributed by atoms with Gasteiger partial charge in [0.15, 0.2) is 11.5 Å². The third-order valence-electron chi connectivity index (χ3n) is 3.16. The van der Waals surface area contributed by atoms with Crippen molar-refractivity contribution in [3.63, 3.8) is 0 Å². The minimum absolute atomic E-state index is 0.191. The molecule has 2 rings (SSSR count). The molecular formula is C14H23N7. The van der Waals surface area contributed by atoms with Crippen molar-refractivity contribution in [1.29, 1.82) is 0 Å². The summed E-state index contributed by atoms with van der Waals surface area (Å²) in [6.45, 7) is 12.0. The van der Waals surface area contributed by atoms with E-state index in [-0.39, 0.29) is 12.1 Å². The maximum atomic E-state index is 6.10. The maximum Gasteiger partial charge on any atom is 0.173 e. The first-order valence-electron chi connectivity index (χ1n) is 7.13. The molecular weight excluding hydrogens is 266 g/mol. The Balaban J connectivity index is 2.38. The summed E-state index contributed by atoms with van der Waals surface area (Å²) in [5.74, 6) is 1.26. The molecule has 7 heteroatoms. The molecule has 0 spiro atoms. The van der Waals surface area contributed by atoms with E-state index in [1.54, 1.807) is 4.68 Å². The zero-order valence-corrected chi connectivity index (χ0v) is 13.5. The van der Waals surface area contributed by atoms with Crippen LogP contribution in [0.5, 0.6) is 0 Å². The quantitative estimate of drug-likeness (QED) is 0.867. The molecule has 0 aromatic carbocycles. The Bertz CT molecular complexity index is 661. The Morgan fingerprint density at radius 1 is 1.00 bits per heavy atom. The first-order valence-corrected chi connectivity index (χ1v) is 7.13. The van der Waals surface area contributed by atoms with Crippen molar-refractivity contribution in [3.8, 4) is 0 Å². The number of aryl methyl sites for hydroxylation is 2. The maximum absolute atomic E-state index is 6.10. The average Bonchev–Trinajstić information content (AvgIpc) is 2.89. The van der Waals surface area contributed by atoms with Gasteiger partial charge in [-0.2, -0.15) is 10.2 Å². The van der Waals surface area contributed by atoms with Crippen molar-refractivity contribution < 1.29 is 0 Å². The lowest BCUT2D eigenvalue weighted by Gasteiger charge is -2.07. The molecule has 0 radical (unpaired) electrons. The van der Waals surface area contributed by atoms with Crippen LogP contribution in [0.3, 0.4) is 0 Å². The zero-order valence-electron chi connectivity index (χ0n) is 13.5. The molecule has 0 saturated carbocycles. The second kappa shape index (κ2) is 5.67. The summed E-state index contributed by atoms with van der Waals surface area (Å²) in [4.78, 5) is 0. The molecule has 0 bridgehead atoms. The number of hydrogen-bond donors (Lipinski definition) is 1. The van der Waals surface area contributed by atoms with Gasteiger partial charge in [-0.3, -0.25) is 0 Å². The van der Waals surface area contributed by atoms with Crippen molar-refractivity contribution in [2.75, 3.05) is 5.73 Å². The van der Waals surface area contributed by atoms with Crippen molar-refractivity contribution in [3.05, 3.63) is 17.5 Å². The number of azo groups is 1. The second-order valence-electron chi connectivity index (χ2n) is 5.74. The third kappa shape index (κ3) is 2.96. The average molecular weight is 289 g/mol. The van der Waals surface area contributed by atoms with Gasteiger partial charge in [0.25, 0.3) is 0 Å². The summed E-state index contributed by atoms with van der Waals surface area (Å²) >= 11 is 0. The molecule has 0 amide bonds. The molecule has 0 saturated heterocycles. The van der Waals surface area contributed by atoms with E-state index in [1.165, 1.54) is 0 Å². The Hall–Kier alpha value is -2.18. The van der Waals surface area contributed by atoms with Gasteiger partial charge in [0, 0.05) is 18.2 Å². The van der Waals surface area contributed by atoms with E-state index >= 15 is 0 Å². The molecule has 2 N–H and O–H groups in total. The van der Waals surface area contributed by atoms with Gasteiger partial charge in [-0.25, -0.2) is 9.36 Å². The highest BCUT2D eigenvalue weighted by Crippen LogP contribution is 2.30. The number of nitrogens with two attached hydrogens (primary N) is 1. The van der Waals surface area contributed by atoms with Crippen LogP contribution >= 0.6 is 0 Å². The number of nitrogen functional groups attached to an aromatic ring is 1. The molecule has 0 aliphatic rings. The number of aromatic nitrogens is 4. The molecule has 2 heterocycles. The standard InChI is InChI=1S/C14H23N7/c1-8(2)20-12(7-10(5)18-20)16-17-13-11(6)19-21(9(3)4)14(13)15/h7-9H,15H2,1-6H3. The normalized spacial score (nSPS) is 12.2. The van der Waals surface area contributed by atoms with E-state index in [4.69, 9.17) is 5.73 Å². The van der Waals surface area contributed by atoms with Gasteiger partial charge in [-0.15, -0.1) is 10.2 Å². The lowest BCUT2D eigenvalue weighted by molar-refractivity contribution is 0.531. The number of nitrogens with zero attached hydrogens (tertiary/aromatic N) is 6. The lowest BCUT2D eigenvalue weighted by Crippen LogP contribution is -2.06. The summed E-state index contributed by atoms with van der Waals surface area (Å²) in [5.41, 5.74) is 8.41. The van der Waals surface area contributed by atoms with Gasteiger partial charge in [0.05, 0.1) is 11.4 Å². The van der Waals surface area contributed by atoms with Gasteiger partial charge >= 0.3 is 0 Å². The van der Waals surface area contributed by atoms with Gasteiger partial charge in [0.2, 0.25) is 0 Å². The second-order valence-corrected chi connectivity index (χ2v) is 5.74. The highest BCUT2D eigenvalue weighted by molar-refractivity contribution is 5.61. The van der Waals surface area contributed by atoms with E-state index in [1.807, 2.05) is 38.4 Å². The highest BCUT2D eigenvalue weighted by atomic mass is 15.4. The van der Waals surface area contributed by atoms with Crippen molar-refractivity contribution in [2.45, 2.75) is 53.6 Å². The highest BCUT2D eigenvalue weighted by Gasteiger charge is 2.15. The fourth-order valence-electron chi connectivity index (χ4n) is 2.13. The topological polar surface area (TPSA) is 86.4 Å². The number of hydrogen-bond acceptors (Lipinski definition) is 5. The van der Waals surface area contributed by atoms with E-state index in [9.17, 15) is 0 Å². The fraction of sp³-hybridized carbons (Fsp3) is 0.571. The summed E-state index contributed by atoms with van der Waals surface area (Å²) in [6.07, 6.45) is 0. The molecule has 114 valence electrons. The van der Waals surface area contributed by atoms with Crippen LogP contribution in [0.15, 0.2) is 16.3 Å². The Morgan fingerprint density at radius 3 is 2.14 bits per heavy atom.